The first-order chi connectivity index (χ1) is 13.3. The van der Waals surface area contributed by atoms with E-state index in [0.717, 1.165) is 19.5 Å². The first-order valence-electron chi connectivity index (χ1n) is 9.64. The molecule has 2 rings (SSSR count). The van der Waals surface area contributed by atoms with Crippen molar-refractivity contribution in [1.82, 2.24) is 5.32 Å². The van der Waals surface area contributed by atoms with Crippen LogP contribution in [-0.2, 0) is 4.74 Å². The molecule has 1 amide bonds. The first-order valence-corrected chi connectivity index (χ1v) is 9.64. The Labute approximate surface area is 162 Å². The van der Waals surface area contributed by atoms with E-state index < -0.39 is 0 Å². The molecule has 1 N–H and O–H groups in total. The Morgan fingerprint density at radius 3 is 2.48 bits per heavy atom. The summed E-state index contributed by atoms with van der Waals surface area (Å²) in [5.41, 5.74) is 1.77. The van der Waals surface area contributed by atoms with E-state index in [4.69, 9.17) is 9.47 Å². The van der Waals surface area contributed by atoms with E-state index in [-0.39, 0.29) is 5.91 Å². The second-order valence-corrected chi connectivity index (χ2v) is 6.07. The van der Waals surface area contributed by atoms with E-state index in [1.54, 1.807) is 6.07 Å². The van der Waals surface area contributed by atoms with Crippen LogP contribution in [0.25, 0.3) is 0 Å². The average Bonchev–Trinajstić information content (AvgIpc) is 2.72. The zero-order valence-corrected chi connectivity index (χ0v) is 16.3. The largest absolute Gasteiger partial charge is 0.490 e. The number of hydrogen-bond donors (Lipinski definition) is 1. The van der Waals surface area contributed by atoms with Crippen molar-refractivity contribution in [2.45, 2.75) is 20.3 Å². The summed E-state index contributed by atoms with van der Waals surface area (Å²) in [6, 6.07) is 17.6. The molecule has 0 saturated heterocycles. The van der Waals surface area contributed by atoms with Gasteiger partial charge in [0.1, 0.15) is 12.4 Å². The van der Waals surface area contributed by atoms with Crippen molar-refractivity contribution in [3.8, 4) is 5.75 Å². The Morgan fingerprint density at radius 1 is 1.00 bits per heavy atom. The number of rotatable bonds is 12. The second-order valence-electron chi connectivity index (χ2n) is 6.07. The lowest BCUT2D eigenvalue weighted by Gasteiger charge is -2.23. The third-order valence-electron chi connectivity index (χ3n) is 4.21. The molecule has 0 unspecified atom stereocenters. The molecule has 0 aliphatic rings. The smallest absolute Gasteiger partial charge is 0.255 e. The molecule has 0 aliphatic heterocycles. The predicted octanol–water partition coefficient (Wildman–Crippen LogP) is 3.75. The molecule has 2 aromatic carbocycles. The van der Waals surface area contributed by atoms with Crippen molar-refractivity contribution >= 4 is 11.6 Å². The van der Waals surface area contributed by atoms with Gasteiger partial charge in [0.2, 0.25) is 0 Å². The van der Waals surface area contributed by atoms with Crippen LogP contribution in [0.4, 0.5) is 5.69 Å². The maximum Gasteiger partial charge on any atom is 0.255 e. The molecule has 0 saturated carbocycles. The number of benzene rings is 2. The molecule has 5 heteroatoms. The Hall–Kier alpha value is -2.53. The monoisotopic (exact) mass is 370 g/mol. The van der Waals surface area contributed by atoms with Crippen molar-refractivity contribution in [2.75, 3.05) is 44.4 Å². The van der Waals surface area contributed by atoms with E-state index >= 15 is 0 Å². The molecular formula is C22H30N2O3. The van der Waals surface area contributed by atoms with Crippen LogP contribution in [0, 0.1) is 0 Å². The van der Waals surface area contributed by atoms with Crippen LogP contribution in [0.3, 0.4) is 0 Å². The van der Waals surface area contributed by atoms with E-state index in [2.05, 4.69) is 29.3 Å². The van der Waals surface area contributed by atoms with E-state index in [1.165, 1.54) is 5.69 Å². The molecule has 0 heterocycles. The molecule has 0 bridgehead atoms. The van der Waals surface area contributed by atoms with Gasteiger partial charge >= 0.3 is 0 Å². The fourth-order valence-electron chi connectivity index (χ4n) is 2.81. The van der Waals surface area contributed by atoms with Crippen LogP contribution in [0.15, 0.2) is 54.6 Å². The number of para-hydroxylation sites is 2. The van der Waals surface area contributed by atoms with Crippen molar-refractivity contribution < 1.29 is 14.3 Å². The molecule has 0 aromatic heterocycles. The number of carbonyl (C=O) groups excluding carboxylic acids is 1. The Bertz CT molecular complexity index is 676. The van der Waals surface area contributed by atoms with Crippen LogP contribution in [-0.4, -0.2) is 45.4 Å². The van der Waals surface area contributed by atoms with Gasteiger partial charge in [0.25, 0.3) is 5.91 Å². The maximum atomic E-state index is 12.5. The van der Waals surface area contributed by atoms with Gasteiger partial charge in [-0.05, 0) is 44.5 Å². The van der Waals surface area contributed by atoms with Gasteiger partial charge in [0, 0.05) is 31.9 Å². The van der Waals surface area contributed by atoms with Crippen LogP contribution >= 0.6 is 0 Å². The topological polar surface area (TPSA) is 50.8 Å². The average molecular weight is 370 g/mol. The van der Waals surface area contributed by atoms with E-state index in [9.17, 15) is 4.79 Å². The van der Waals surface area contributed by atoms with Gasteiger partial charge in [-0.3, -0.25) is 4.79 Å². The molecule has 2 aromatic rings. The summed E-state index contributed by atoms with van der Waals surface area (Å²) in [5.74, 6) is 0.485. The highest BCUT2D eigenvalue weighted by molar-refractivity contribution is 5.96. The van der Waals surface area contributed by atoms with Crippen molar-refractivity contribution in [3.05, 3.63) is 60.2 Å². The quantitative estimate of drug-likeness (QED) is 0.578. The molecular weight excluding hydrogens is 340 g/mol. The summed E-state index contributed by atoms with van der Waals surface area (Å²) in [7, 11) is 0. The maximum absolute atomic E-state index is 12.5. The summed E-state index contributed by atoms with van der Waals surface area (Å²) in [5, 5.41) is 3.00. The standard InChI is InChI=1S/C22H30N2O3/c1-3-24(19-11-6-5-7-12-19)16-10-15-23-22(25)20-13-8-9-14-21(20)27-18-17-26-4-2/h5-9,11-14H,3-4,10,15-18H2,1-2H3,(H,23,25). The second kappa shape index (κ2) is 12.0. The van der Waals surface area contributed by atoms with Crippen LogP contribution in [0.1, 0.15) is 30.6 Å². The first kappa shape index (κ1) is 20.8. The third kappa shape index (κ3) is 6.94. The lowest BCUT2D eigenvalue weighted by atomic mass is 10.2. The SMILES string of the molecule is CCOCCOc1ccccc1C(=O)NCCCN(CC)c1ccccc1. The molecule has 27 heavy (non-hydrogen) atoms. The van der Waals surface area contributed by atoms with Crippen LogP contribution in [0.2, 0.25) is 0 Å². The normalized spacial score (nSPS) is 10.4. The third-order valence-corrected chi connectivity index (χ3v) is 4.21. The minimum atomic E-state index is -0.107. The van der Waals surface area contributed by atoms with Gasteiger partial charge in [-0.25, -0.2) is 0 Å². The highest BCUT2D eigenvalue weighted by Gasteiger charge is 2.12. The number of carbonyl (C=O) groups is 1. The molecule has 0 spiro atoms. The van der Waals surface area contributed by atoms with Gasteiger partial charge in [0.15, 0.2) is 0 Å². The Morgan fingerprint density at radius 2 is 1.74 bits per heavy atom. The lowest BCUT2D eigenvalue weighted by Crippen LogP contribution is -2.30. The van der Waals surface area contributed by atoms with Gasteiger partial charge < -0.3 is 19.7 Å². The van der Waals surface area contributed by atoms with Crippen LogP contribution < -0.4 is 15.0 Å². The summed E-state index contributed by atoms with van der Waals surface area (Å²) in [4.78, 5) is 14.8. The van der Waals surface area contributed by atoms with Gasteiger partial charge in [0.05, 0.1) is 12.2 Å². The summed E-state index contributed by atoms with van der Waals surface area (Å²) in [6.07, 6.45) is 0.877. The number of hydrogen-bond acceptors (Lipinski definition) is 4. The molecule has 0 fully saturated rings. The molecule has 0 atom stereocenters. The fraction of sp³-hybridized carbons (Fsp3) is 0.409. The zero-order valence-electron chi connectivity index (χ0n) is 16.3. The molecule has 5 nitrogen and oxygen atoms in total. The zero-order chi connectivity index (χ0) is 19.3. The van der Waals surface area contributed by atoms with Gasteiger partial charge in [-0.15, -0.1) is 0 Å². The van der Waals surface area contributed by atoms with Crippen molar-refractivity contribution in [2.24, 2.45) is 0 Å². The lowest BCUT2D eigenvalue weighted by molar-refractivity contribution is 0.0936. The Kier molecular flexibility index (Phi) is 9.21. The van der Waals surface area contributed by atoms with Gasteiger partial charge in [-0.1, -0.05) is 30.3 Å². The predicted molar refractivity (Wildman–Crippen MR) is 110 cm³/mol. The highest BCUT2D eigenvalue weighted by Crippen LogP contribution is 2.18. The minimum Gasteiger partial charge on any atom is -0.490 e. The fourth-order valence-corrected chi connectivity index (χ4v) is 2.81. The van der Waals surface area contributed by atoms with Crippen molar-refractivity contribution in [1.29, 1.82) is 0 Å². The summed E-state index contributed by atoms with van der Waals surface area (Å²) >= 11 is 0. The number of nitrogens with zero attached hydrogens (tertiary/aromatic N) is 1. The molecule has 0 radical (unpaired) electrons. The molecule has 146 valence electrons. The van der Waals surface area contributed by atoms with E-state index in [0.29, 0.717) is 37.7 Å². The Balaban J connectivity index is 1.80. The summed E-state index contributed by atoms with van der Waals surface area (Å²) < 4.78 is 11.0. The number of amides is 1. The number of ether oxygens (including phenoxy) is 2. The minimum absolute atomic E-state index is 0.107. The van der Waals surface area contributed by atoms with Crippen LogP contribution in [0.5, 0.6) is 5.75 Å². The highest BCUT2D eigenvalue weighted by atomic mass is 16.5. The number of anilines is 1. The number of nitrogens with one attached hydrogen (secondary N) is 1. The molecule has 0 aliphatic carbocycles. The summed E-state index contributed by atoms with van der Waals surface area (Å²) in [6.45, 7) is 8.14. The van der Waals surface area contributed by atoms with E-state index in [1.807, 2.05) is 43.3 Å². The van der Waals surface area contributed by atoms with Crippen molar-refractivity contribution in [3.63, 3.8) is 0 Å². The van der Waals surface area contributed by atoms with Gasteiger partial charge in [-0.2, -0.15) is 0 Å².